The summed E-state index contributed by atoms with van der Waals surface area (Å²) in [5.41, 5.74) is 0.156. The van der Waals surface area contributed by atoms with Crippen molar-refractivity contribution in [3.05, 3.63) is 24.3 Å². The van der Waals surface area contributed by atoms with Crippen LogP contribution in [0.3, 0.4) is 0 Å². The minimum Gasteiger partial charge on any atom is -0.444 e. The number of carbonyl (C=O) groups is 1. The first kappa shape index (κ1) is 16.3. The second-order valence-electron chi connectivity index (χ2n) is 6.13. The molecular weight excluding hydrogens is 294 g/mol. The largest absolute Gasteiger partial charge is 0.444 e. The number of rotatable bonds is 4. The molecule has 0 atom stereocenters. The lowest BCUT2D eigenvalue weighted by Crippen LogP contribution is -2.57. The molecule has 0 aliphatic carbocycles. The van der Waals surface area contributed by atoms with Gasteiger partial charge in [0.1, 0.15) is 11.4 Å². The average molecular weight is 314 g/mol. The number of anilines is 1. The molecule has 22 heavy (non-hydrogen) atoms. The number of nitrogens with one attached hydrogen (secondary N) is 1. The lowest BCUT2D eigenvalue weighted by Gasteiger charge is -2.40. The van der Waals surface area contributed by atoms with Crippen molar-refractivity contribution in [2.75, 3.05) is 18.4 Å². The maximum Gasteiger partial charge on any atom is 0.410 e. The van der Waals surface area contributed by atoms with Gasteiger partial charge in [-0.15, -0.1) is 0 Å². The second kappa shape index (κ2) is 6.37. The normalized spacial score (nSPS) is 15.5. The highest BCUT2D eigenvalue weighted by Gasteiger charge is 2.33. The number of hydrogen-bond acceptors (Lipinski definition) is 4. The summed E-state index contributed by atoms with van der Waals surface area (Å²) in [7, 11) is 0. The fraction of sp³-hybridized carbons (Fsp3) is 0.533. The number of halogens is 2. The summed E-state index contributed by atoms with van der Waals surface area (Å²) in [5.74, 6) is 0.100. The number of likely N-dealkylation sites (tertiary alicyclic amines) is 1. The van der Waals surface area contributed by atoms with Gasteiger partial charge in [-0.25, -0.2) is 4.79 Å². The van der Waals surface area contributed by atoms with Crippen molar-refractivity contribution in [1.82, 2.24) is 4.90 Å². The molecule has 1 fully saturated rings. The van der Waals surface area contributed by atoms with E-state index in [1.165, 1.54) is 12.1 Å². The first-order valence-corrected chi connectivity index (χ1v) is 7.02. The minimum atomic E-state index is -2.85. The van der Waals surface area contributed by atoms with Gasteiger partial charge in [-0.1, -0.05) is 6.07 Å². The molecule has 1 aromatic rings. The van der Waals surface area contributed by atoms with Crippen molar-refractivity contribution < 1.29 is 23.0 Å². The topological polar surface area (TPSA) is 50.8 Å². The Morgan fingerprint density at radius 3 is 2.64 bits per heavy atom. The number of carbonyl (C=O) groups excluding carboxylic acids is 1. The van der Waals surface area contributed by atoms with E-state index in [-0.39, 0.29) is 17.9 Å². The van der Waals surface area contributed by atoms with Gasteiger partial charge in [0.05, 0.1) is 6.04 Å². The first-order valence-electron chi connectivity index (χ1n) is 7.02. The Balaban J connectivity index is 1.81. The van der Waals surface area contributed by atoms with E-state index in [1.54, 1.807) is 17.0 Å². The maximum atomic E-state index is 12.2. The number of nitrogens with zero attached hydrogens (tertiary/aromatic N) is 1. The lowest BCUT2D eigenvalue weighted by atomic mass is 10.1. The van der Waals surface area contributed by atoms with Crippen molar-refractivity contribution in [3.63, 3.8) is 0 Å². The summed E-state index contributed by atoms with van der Waals surface area (Å²) >= 11 is 0. The molecule has 2 rings (SSSR count). The Morgan fingerprint density at radius 2 is 2.05 bits per heavy atom. The van der Waals surface area contributed by atoms with E-state index >= 15 is 0 Å². The highest BCUT2D eigenvalue weighted by molar-refractivity contribution is 5.69. The van der Waals surface area contributed by atoms with Crippen LogP contribution in [-0.2, 0) is 4.74 Å². The predicted molar refractivity (Wildman–Crippen MR) is 78.3 cm³/mol. The molecule has 122 valence electrons. The molecule has 1 aromatic carbocycles. The molecule has 0 spiro atoms. The van der Waals surface area contributed by atoms with Crippen LogP contribution in [0, 0.1) is 0 Å². The van der Waals surface area contributed by atoms with Gasteiger partial charge in [-0.2, -0.15) is 8.78 Å². The van der Waals surface area contributed by atoms with Gasteiger partial charge in [0.2, 0.25) is 0 Å². The fourth-order valence-corrected chi connectivity index (χ4v) is 2.04. The van der Waals surface area contributed by atoms with Crippen molar-refractivity contribution in [2.24, 2.45) is 0 Å². The summed E-state index contributed by atoms with van der Waals surface area (Å²) in [5, 5.41) is 3.17. The zero-order valence-corrected chi connectivity index (χ0v) is 12.8. The monoisotopic (exact) mass is 314 g/mol. The molecule has 0 unspecified atom stereocenters. The van der Waals surface area contributed by atoms with Crippen molar-refractivity contribution >= 4 is 11.8 Å². The van der Waals surface area contributed by atoms with Crippen molar-refractivity contribution in [2.45, 2.75) is 39.0 Å². The third-order valence-electron chi connectivity index (χ3n) is 2.96. The third kappa shape index (κ3) is 4.75. The number of hydrogen-bond donors (Lipinski definition) is 1. The van der Waals surface area contributed by atoms with Crippen LogP contribution in [0.25, 0.3) is 0 Å². The molecule has 1 saturated heterocycles. The number of ether oxygens (including phenoxy) is 2. The Morgan fingerprint density at radius 1 is 1.36 bits per heavy atom. The van der Waals surface area contributed by atoms with E-state index in [1.807, 2.05) is 20.8 Å². The van der Waals surface area contributed by atoms with Crippen LogP contribution in [0.2, 0.25) is 0 Å². The third-order valence-corrected chi connectivity index (χ3v) is 2.96. The summed E-state index contributed by atoms with van der Waals surface area (Å²) in [6.07, 6.45) is -0.347. The van der Waals surface area contributed by atoms with Gasteiger partial charge >= 0.3 is 12.7 Å². The summed E-state index contributed by atoms with van der Waals surface area (Å²) in [4.78, 5) is 13.4. The molecule has 1 N–H and O–H groups in total. The van der Waals surface area contributed by atoms with E-state index in [0.717, 1.165) is 0 Å². The van der Waals surface area contributed by atoms with Crippen LogP contribution >= 0.6 is 0 Å². The number of benzene rings is 1. The Hall–Kier alpha value is -2.05. The molecule has 7 heteroatoms. The van der Waals surface area contributed by atoms with Gasteiger partial charge in [-0.05, 0) is 32.9 Å². The van der Waals surface area contributed by atoms with Gasteiger partial charge in [0, 0.05) is 24.8 Å². The molecule has 1 aliphatic heterocycles. The van der Waals surface area contributed by atoms with Crippen LogP contribution in [0.15, 0.2) is 24.3 Å². The molecule has 0 aromatic heterocycles. The van der Waals surface area contributed by atoms with Gasteiger partial charge in [-0.3, -0.25) is 0 Å². The zero-order chi connectivity index (χ0) is 16.3. The highest BCUT2D eigenvalue weighted by atomic mass is 19.3. The average Bonchev–Trinajstić information content (AvgIpc) is 2.30. The molecule has 1 heterocycles. The van der Waals surface area contributed by atoms with Gasteiger partial charge in [0.25, 0.3) is 0 Å². The molecule has 0 radical (unpaired) electrons. The second-order valence-corrected chi connectivity index (χ2v) is 6.13. The van der Waals surface area contributed by atoms with Crippen LogP contribution in [0.4, 0.5) is 19.3 Å². The fourth-order valence-electron chi connectivity index (χ4n) is 2.04. The molecule has 1 aliphatic rings. The molecule has 0 bridgehead atoms. The molecule has 5 nitrogen and oxygen atoms in total. The van der Waals surface area contributed by atoms with Crippen LogP contribution in [0.1, 0.15) is 20.8 Å². The molecule has 1 amide bonds. The Labute approximate surface area is 128 Å². The van der Waals surface area contributed by atoms with Crippen LogP contribution < -0.4 is 10.1 Å². The van der Waals surface area contributed by atoms with E-state index < -0.39 is 12.2 Å². The highest BCUT2D eigenvalue weighted by Crippen LogP contribution is 2.22. The molecule has 0 saturated carbocycles. The van der Waals surface area contributed by atoms with E-state index in [4.69, 9.17) is 4.74 Å². The first-order chi connectivity index (χ1) is 10.2. The minimum absolute atomic E-state index is 0.0642. The van der Waals surface area contributed by atoms with Gasteiger partial charge < -0.3 is 19.7 Å². The number of alkyl halides is 2. The van der Waals surface area contributed by atoms with Crippen LogP contribution in [-0.4, -0.2) is 42.3 Å². The summed E-state index contributed by atoms with van der Waals surface area (Å²) in [6, 6.07) is 6.42. The van der Waals surface area contributed by atoms with Crippen molar-refractivity contribution in [3.8, 4) is 5.75 Å². The zero-order valence-electron chi connectivity index (χ0n) is 12.8. The number of amides is 1. The predicted octanol–water partition coefficient (Wildman–Crippen LogP) is 3.32. The van der Waals surface area contributed by atoms with E-state index in [2.05, 4.69) is 10.1 Å². The standard InChI is InChI=1S/C15H20F2N2O3/c1-15(2,3)22-14(20)19-8-11(9-19)18-10-5-4-6-12(7-10)21-13(16)17/h4-7,11,13,18H,8-9H2,1-3H3. The smallest absolute Gasteiger partial charge is 0.410 e. The molecular formula is C15H20F2N2O3. The van der Waals surface area contributed by atoms with Crippen LogP contribution in [0.5, 0.6) is 5.75 Å². The van der Waals surface area contributed by atoms with Gasteiger partial charge in [0.15, 0.2) is 0 Å². The SMILES string of the molecule is CC(C)(C)OC(=O)N1CC(Nc2cccc(OC(F)F)c2)C1. The summed E-state index contributed by atoms with van der Waals surface area (Å²) in [6.45, 7) is 3.62. The quantitative estimate of drug-likeness (QED) is 0.926. The Bertz CT molecular complexity index is 526. The summed E-state index contributed by atoms with van der Waals surface area (Å²) < 4.78 is 33.9. The maximum absolute atomic E-state index is 12.2. The van der Waals surface area contributed by atoms with E-state index in [9.17, 15) is 13.6 Å². The van der Waals surface area contributed by atoms with Crippen molar-refractivity contribution in [1.29, 1.82) is 0 Å². The Kier molecular flexibility index (Phi) is 4.73. The lowest BCUT2D eigenvalue weighted by molar-refractivity contribution is -0.0498. The van der Waals surface area contributed by atoms with E-state index in [0.29, 0.717) is 18.8 Å².